The fraction of sp³-hybridized carbons (Fsp3) is 0.474. The Labute approximate surface area is 157 Å². The molecular formula is C19H22ClNO5. The molecular weight excluding hydrogens is 358 g/mol. The van der Waals surface area contributed by atoms with Gasteiger partial charge in [0, 0.05) is 23.4 Å². The highest BCUT2D eigenvalue weighted by Gasteiger charge is 2.48. The Morgan fingerprint density at radius 3 is 2.69 bits per heavy atom. The van der Waals surface area contributed by atoms with Gasteiger partial charge in [-0.1, -0.05) is 30.7 Å². The highest BCUT2D eigenvalue weighted by molar-refractivity contribution is 6.30. The zero-order chi connectivity index (χ0) is 18.7. The maximum atomic E-state index is 12.2. The number of benzene rings is 1. The summed E-state index contributed by atoms with van der Waals surface area (Å²) < 4.78 is 15.9. The van der Waals surface area contributed by atoms with Crippen LogP contribution in [0.5, 0.6) is 0 Å². The summed E-state index contributed by atoms with van der Waals surface area (Å²) in [5.41, 5.74) is 1.43. The molecule has 140 valence electrons. The van der Waals surface area contributed by atoms with Gasteiger partial charge in [0.25, 0.3) is 0 Å². The summed E-state index contributed by atoms with van der Waals surface area (Å²) in [5, 5.41) is 3.35. The van der Waals surface area contributed by atoms with Gasteiger partial charge in [-0.05, 0) is 36.5 Å². The predicted molar refractivity (Wildman–Crippen MR) is 95.1 cm³/mol. The fourth-order valence-corrected chi connectivity index (χ4v) is 3.84. The molecule has 3 rings (SSSR count). The van der Waals surface area contributed by atoms with Gasteiger partial charge >= 0.3 is 12.1 Å². The molecule has 2 aliphatic rings. The zero-order valence-electron chi connectivity index (χ0n) is 14.7. The molecule has 6 nitrogen and oxygen atoms in total. The minimum Gasteiger partial charge on any atom is -0.466 e. The molecule has 0 aromatic heterocycles. The largest absolute Gasteiger partial charge is 0.466 e. The van der Waals surface area contributed by atoms with Crippen LogP contribution in [-0.2, 0) is 25.5 Å². The Hall–Kier alpha value is -2.21. The summed E-state index contributed by atoms with van der Waals surface area (Å²) >= 11 is 5.85. The van der Waals surface area contributed by atoms with E-state index >= 15 is 0 Å². The summed E-state index contributed by atoms with van der Waals surface area (Å²) in [6.07, 6.45) is 1.90. The van der Waals surface area contributed by atoms with E-state index in [-0.39, 0.29) is 23.7 Å². The molecule has 0 saturated heterocycles. The molecule has 0 spiro atoms. The number of amides is 1. The average molecular weight is 380 g/mol. The molecule has 1 amide bonds. The molecule has 4 unspecified atom stereocenters. The van der Waals surface area contributed by atoms with Gasteiger partial charge in [-0.2, -0.15) is 0 Å². The van der Waals surface area contributed by atoms with Crippen molar-refractivity contribution in [3.63, 3.8) is 0 Å². The molecule has 1 aliphatic heterocycles. The number of ether oxygens (including phenoxy) is 3. The Morgan fingerprint density at radius 2 is 2.00 bits per heavy atom. The third-order valence-corrected chi connectivity index (χ3v) is 5.34. The van der Waals surface area contributed by atoms with Gasteiger partial charge in [0.1, 0.15) is 0 Å². The molecule has 1 aromatic carbocycles. The van der Waals surface area contributed by atoms with Gasteiger partial charge in [-0.25, -0.2) is 9.59 Å². The molecule has 0 bridgehead atoms. The van der Waals surface area contributed by atoms with Crippen molar-refractivity contribution in [3.8, 4) is 0 Å². The molecule has 0 radical (unpaired) electrons. The summed E-state index contributed by atoms with van der Waals surface area (Å²) in [4.78, 5) is 24.1. The van der Waals surface area contributed by atoms with E-state index in [9.17, 15) is 9.59 Å². The normalized spacial score (nSPS) is 27.0. The van der Waals surface area contributed by atoms with E-state index in [2.05, 4.69) is 12.2 Å². The van der Waals surface area contributed by atoms with Crippen LogP contribution in [0.3, 0.4) is 0 Å². The lowest BCUT2D eigenvalue weighted by Crippen LogP contribution is -2.41. The van der Waals surface area contributed by atoms with Crippen LogP contribution < -0.4 is 5.32 Å². The summed E-state index contributed by atoms with van der Waals surface area (Å²) in [7, 11) is 1.35. The van der Waals surface area contributed by atoms with E-state index < -0.39 is 12.4 Å². The first-order valence-electron chi connectivity index (χ1n) is 8.62. The Bertz CT molecular complexity index is 702. The number of nitrogens with one attached hydrogen (secondary N) is 1. The number of methoxy groups -OCH3 is 1. The van der Waals surface area contributed by atoms with Gasteiger partial charge in [0.05, 0.1) is 18.9 Å². The van der Waals surface area contributed by atoms with Crippen LogP contribution in [0.15, 0.2) is 36.1 Å². The van der Waals surface area contributed by atoms with Crippen molar-refractivity contribution in [1.29, 1.82) is 0 Å². The van der Waals surface area contributed by atoms with Gasteiger partial charge in [-0.15, -0.1) is 0 Å². The van der Waals surface area contributed by atoms with E-state index in [1.807, 2.05) is 12.1 Å². The monoisotopic (exact) mass is 379 g/mol. The van der Waals surface area contributed by atoms with Crippen molar-refractivity contribution in [2.75, 3.05) is 7.11 Å². The molecule has 1 aliphatic carbocycles. The van der Waals surface area contributed by atoms with Crippen molar-refractivity contribution < 1.29 is 23.8 Å². The summed E-state index contributed by atoms with van der Waals surface area (Å²) in [6.45, 7) is 2.41. The van der Waals surface area contributed by atoms with Crippen molar-refractivity contribution in [1.82, 2.24) is 5.32 Å². The molecule has 4 atom stereocenters. The van der Waals surface area contributed by atoms with Crippen LogP contribution >= 0.6 is 11.6 Å². The van der Waals surface area contributed by atoms with Gasteiger partial charge in [0.15, 0.2) is 0 Å². The fourth-order valence-electron chi connectivity index (χ4n) is 3.71. The Morgan fingerprint density at radius 1 is 1.27 bits per heavy atom. The molecule has 1 saturated carbocycles. The number of hydrogen-bond acceptors (Lipinski definition) is 5. The van der Waals surface area contributed by atoms with Crippen molar-refractivity contribution in [2.45, 2.75) is 32.6 Å². The van der Waals surface area contributed by atoms with Crippen LogP contribution in [0, 0.1) is 17.8 Å². The van der Waals surface area contributed by atoms with E-state index in [0.29, 0.717) is 17.1 Å². The third-order valence-electron chi connectivity index (χ3n) is 5.09. The second kappa shape index (κ2) is 7.99. The molecule has 1 heterocycles. The van der Waals surface area contributed by atoms with Crippen LogP contribution in [0.4, 0.5) is 4.79 Å². The average Bonchev–Trinajstić information content (AvgIpc) is 3.03. The molecule has 1 N–H and O–H groups in total. The quantitative estimate of drug-likeness (QED) is 0.808. The molecule has 7 heteroatoms. The first-order chi connectivity index (χ1) is 12.5. The number of halogens is 1. The second-order valence-electron chi connectivity index (χ2n) is 6.69. The Kier molecular flexibility index (Phi) is 5.71. The maximum absolute atomic E-state index is 12.2. The lowest BCUT2D eigenvalue weighted by molar-refractivity contribution is -0.145. The summed E-state index contributed by atoms with van der Waals surface area (Å²) in [5.74, 6) is -0.183. The topological polar surface area (TPSA) is 73.9 Å². The van der Waals surface area contributed by atoms with Crippen LogP contribution in [0.1, 0.15) is 25.3 Å². The SMILES string of the molecule is COC(=O)C1=COC(OC(=O)NCc2ccc(Cl)cc2)C2C(C)CCC12. The lowest BCUT2D eigenvalue weighted by Gasteiger charge is -2.34. The van der Waals surface area contributed by atoms with Crippen LogP contribution in [0.25, 0.3) is 0 Å². The van der Waals surface area contributed by atoms with Crippen molar-refractivity contribution >= 4 is 23.7 Å². The van der Waals surface area contributed by atoms with Crippen LogP contribution in [0.2, 0.25) is 5.02 Å². The van der Waals surface area contributed by atoms with Gasteiger partial charge in [0.2, 0.25) is 6.29 Å². The smallest absolute Gasteiger partial charge is 0.410 e. The third kappa shape index (κ3) is 3.96. The zero-order valence-corrected chi connectivity index (χ0v) is 15.5. The van der Waals surface area contributed by atoms with E-state index in [4.69, 9.17) is 25.8 Å². The predicted octanol–water partition coefficient (Wildman–Crippen LogP) is 3.64. The number of esters is 1. The first kappa shape index (κ1) is 18.6. The Balaban J connectivity index is 1.61. The van der Waals surface area contributed by atoms with Gasteiger partial charge < -0.3 is 19.5 Å². The molecule has 26 heavy (non-hydrogen) atoms. The van der Waals surface area contributed by atoms with Crippen LogP contribution in [-0.4, -0.2) is 25.5 Å². The standard InChI is InChI=1S/C19H22ClNO5/c1-11-3-8-14-15(17(22)24-2)10-25-18(16(11)14)26-19(23)21-9-12-4-6-13(20)7-5-12/h4-7,10-11,14,16,18H,3,8-9H2,1-2H3,(H,21,23). The number of carbonyl (C=O) groups excluding carboxylic acids is 2. The van der Waals surface area contributed by atoms with E-state index in [1.165, 1.54) is 13.4 Å². The molecule has 1 aromatic rings. The van der Waals surface area contributed by atoms with Crippen molar-refractivity contribution in [2.24, 2.45) is 17.8 Å². The van der Waals surface area contributed by atoms with E-state index in [0.717, 1.165) is 18.4 Å². The number of rotatable bonds is 4. The first-order valence-corrected chi connectivity index (χ1v) is 9.00. The lowest BCUT2D eigenvalue weighted by atomic mass is 9.83. The maximum Gasteiger partial charge on any atom is 0.410 e. The van der Waals surface area contributed by atoms with Crippen molar-refractivity contribution in [3.05, 3.63) is 46.7 Å². The van der Waals surface area contributed by atoms with E-state index in [1.54, 1.807) is 12.1 Å². The number of hydrogen-bond donors (Lipinski definition) is 1. The minimum absolute atomic E-state index is 0.0136. The number of fused-ring (bicyclic) bond motifs is 1. The number of carbonyl (C=O) groups is 2. The number of alkyl carbamates (subject to hydrolysis) is 1. The highest BCUT2D eigenvalue weighted by Crippen LogP contribution is 2.46. The minimum atomic E-state index is -0.712. The highest BCUT2D eigenvalue weighted by atomic mass is 35.5. The van der Waals surface area contributed by atoms with Gasteiger partial charge in [-0.3, -0.25) is 0 Å². The second-order valence-corrected chi connectivity index (χ2v) is 7.13. The molecule has 1 fully saturated rings. The summed E-state index contributed by atoms with van der Waals surface area (Å²) in [6, 6.07) is 7.19.